The number of carbonyl (C=O) groups excluding carboxylic acids is 1. The first-order chi connectivity index (χ1) is 15.1. The lowest BCUT2D eigenvalue weighted by molar-refractivity contribution is -0.174. The Labute approximate surface area is 180 Å². The van der Waals surface area contributed by atoms with E-state index >= 15 is 0 Å². The van der Waals surface area contributed by atoms with E-state index in [1.165, 1.54) is 43.6 Å². The molecule has 0 bridgehead atoms. The first-order valence-corrected chi connectivity index (χ1v) is 10.9. The number of alkyl halides is 3. The largest absolute Gasteiger partial charge is 0.467 e. The Hall–Kier alpha value is -3.32. The SMILES string of the molecule is CNS(=O)(=O)c1ccc(NC(=O)c2cc3n(n2)[C@@H](C(F)(F)F)C[C@H](c2ccco2)N3)cc1. The van der Waals surface area contributed by atoms with Gasteiger partial charge in [-0.25, -0.2) is 17.8 Å². The molecule has 0 fully saturated rings. The van der Waals surface area contributed by atoms with E-state index in [-0.39, 0.29) is 28.5 Å². The van der Waals surface area contributed by atoms with Gasteiger partial charge in [0, 0.05) is 18.2 Å². The number of carbonyl (C=O) groups is 1. The second-order valence-electron chi connectivity index (χ2n) is 7.05. The van der Waals surface area contributed by atoms with Gasteiger partial charge in [0.05, 0.1) is 17.2 Å². The number of nitrogens with zero attached hydrogens (tertiary/aromatic N) is 2. The second-order valence-corrected chi connectivity index (χ2v) is 8.94. The number of aromatic nitrogens is 2. The molecule has 0 saturated carbocycles. The molecular formula is C19H18F3N5O4S. The number of hydrogen-bond acceptors (Lipinski definition) is 6. The molecule has 2 atom stereocenters. The topological polar surface area (TPSA) is 118 Å². The Kier molecular flexibility index (Phi) is 5.46. The molecule has 4 rings (SSSR count). The lowest BCUT2D eigenvalue weighted by atomic mass is 10.0. The van der Waals surface area contributed by atoms with Crippen LogP contribution in [0, 0.1) is 0 Å². The molecule has 170 valence electrons. The molecule has 1 aliphatic rings. The van der Waals surface area contributed by atoms with E-state index in [1.54, 1.807) is 12.1 Å². The molecule has 32 heavy (non-hydrogen) atoms. The number of furan rings is 1. The summed E-state index contributed by atoms with van der Waals surface area (Å²) in [6, 6.07) is 7.00. The van der Waals surface area contributed by atoms with Gasteiger partial charge in [0.25, 0.3) is 5.91 Å². The van der Waals surface area contributed by atoms with Gasteiger partial charge in [-0.1, -0.05) is 0 Å². The summed E-state index contributed by atoms with van der Waals surface area (Å²) >= 11 is 0. The molecule has 3 heterocycles. The normalized spacial score (nSPS) is 18.6. The molecule has 1 amide bonds. The van der Waals surface area contributed by atoms with Crippen LogP contribution in [0.5, 0.6) is 0 Å². The van der Waals surface area contributed by atoms with E-state index in [9.17, 15) is 26.4 Å². The van der Waals surface area contributed by atoms with Crippen LogP contribution in [0.15, 0.2) is 58.0 Å². The molecule has 3 aromatic rings. The highest BCUT2D eigenvalue weighted by atomic mass is 32.2. The third-order valence-electron chi connectivity index (χ3n) is 5.00. The van der Waals surface area contributed by atoms with Crippen LogP contribution in [-0.2, 0) is 10.0 Å². The fourth-order valence-electron chi connectivity index (χ4n) is 3.39. The van der Waals surface area contributed by atoms with Gasteiger partial charge in [0.1, 0.15) is 11.6 Å². The maximum Gasteiger partial charge on any atom is 0.410 e. The van der Waals surface area contributed by atoms with Crippen molar-refractivity contribution < 1.29 is 30.8 Å². The molecule has 0 unspecified atom stereocenters. The summed E-state index contributed by atoms with van der Waals surface area (Å²) in [6.07, 6.45) is -3.57. The summed E-state index contributed by atoms with van der Waals surface area (Å²) in [5.41, 5.74) is 0.0265. The van der Waals surface area contributed by atoms with Crippen LogP contribution in [0.1, 0.15) is 34.8 Å². The molecule has 0 saturated heterocycles. The maximum absolute atomic E-state index is 13.7. The molecule has 1 aromatic carbocycles. The van der Waals surface area contributed by atoms with Crippen molar-refractivity contribution in [3.05, 3.63) is 60.2 Å². The van der Waals surface area contributed by atoms with Crippen molar-refractivity contribution >= 4 is 27.4 Å². The average Bonchev–Trinajstić information content (AvgIpc) is 3.42. The Morgan fingerprint density at radius 3 is 2.56 bits per heavy atom. The van der Waals surface area contributed by atoms with Gasteiger partial charge in [-0.3, -0.25) is 4.79 Å². The number of benzene rings is 1. The lowest BCUT2D eigenvalue weighted by Gasteiger charge is -2.32. The maximum atomic E-state index is 13.7. The van der Waals surface area contributed by atoms with Crippen LogP contribution in [-0.4, -0.2) is 37.3 Å². The molecule has 9 nitrogen and oxygen atoms in total. The van der Waals surface area contributed by atoms with E-state index < -0.39 is 34.2 Å². The van der Waals surface area contributed by atoms with Crippen molar-refractivity contribution in [1.29, 1.82) is 0 Å². The molecule has 0 spiro atoms. The van der Waals surface area contributed by atoms with Crippen LogP contribution >= 0.6 is 0 Å². The van der Waals surface area contributed by atoms with E-state index in [0.717, 1.165) is 4.68 Å². The Morgan fingerprint density at radius 2 is 1.97 bits per heavy atom. The van der Waals surface area contributed by atoms with Crippen molar-refractivity contribution in [2.24, 2.45) is 0 Å². The fraction of sp³-hybridized carbons (Fsp3) is 0.263. The number of fused-ring (bicyclic) bond motifs is 1. The van der Waals surface area contributed by atoms with Gasteiger partial charge in [-0.05, 0) is 43.4 Å². The van der Waals surface area contributed by atoms with Crippen molar-refractivity contribution in [1.82, 2.24) is 14.5 Å². The monoisotopic (exact) mass is 469 g/mol. The Balaban J connectivity index is 1.58. The highest BCUT2D eigenvalue weighted by Crippen LogP contribution is 2.43. The number of hydrogen-bond donors (Lipinski definition) is 3. The van der Waals surface area contributed by atoms with E-state index in [2.05, 4.69) is 20.5 Å². The van der Waals surface area contributed by atoms with Gasteiger partial charge < -0.3 is 15.1 Å². The standard InChI is InChI=1S/C19H18F3N5O4S/c1-23-32(29,30)12-6-4-11(5-7-12)24-18(28)14-10-17-25-13(15-3-2-8-31-15)9-16(19(20,21)22)27(17)26-14/h2-8,10,13,16,23,25H,9H2,1H3,(H,24,28)/t13-,16-/m1/s1. The summed E-state index contributed by atoms with van der Waals surface area (Å²) in [4.78, 5) is 12.6. The van der Waals surface area contributed by atoms with Crippen LogP contribution in [0.3, 0.4) is 0 Å². The minimum Gasteiger partial charge on any atom is -0.467 e. The number of halogens is 3. The van der Waals surface area contributed by atoms with Crippen LogP contribution < -0.4 is 15.4 Å². The smallest absolute Gasteiger partial charge is 0.410 e. The highest BCUT2D eigenvalue weighted by molar-refractivity contribution is 7.89. The second kappa shape index (κ2) is 7.98. The summed E-state index contributed by atoms with van der Waals surface area (Å²) < 4.78 is 72.7. The first kappa shape index (κ1) is 21.9. The van der Waals surface area contributed by atoms with E-state index in [4.69, 9.17) is 4.42 Å². The van der Waals surface area contributed by atoms with Gasteiger partial charge in [-0.2, -0.15) is 18.3 Å². The van der Waals surface area contributed by atoms with Crippen LogP contribution in [0.4, 0.5) is 24.7 Å². The molecule has 1 aliphatic heterocycles. The number of amides is 1. The summed E-state index contributed by atoms with van der Waals surface area (Å²) in [7, 11) is -2.37. The van der Waals surface area contributed by atoms with Gasteiger partial charge >= 0.3 is 6.18 Å². The van der Waals surface area contributed by atoms with Crippen molar-refractivity contribution in [3.8, 4) is 0 Å². The first-order valence-electron chi connectivity index (χ1n) is 9.39. The molecule has 13 heteroatoms. The van der Waals surface area contributed by atoms with E-state index in [1.807, 2.05) is 0 Å². The van der Waals surface area contributed by atoms with Crippen molar-refractivity contribution in [2.45, 2.75) is 29.6 Å². The average molecular weight is 469 g/mol. The number of rotatable bonds is 5. The number of nitrogens with one attached hydrogen (secondary N) is 3. The quantitative estimate of drug-likeness (QED) is 0.528. The third-order valence-corrected chi connectivity index (χ3v) is 6.43. The molecule has 2 aromatic heterocycles. The van der Waals surface area contributed by atoms with Gasteiger partial charge in [-0.15, -0.1) is 0 Å². The van der Waals surface area contributed by atoms with Crippen molar-refractivity contribution in [3.63, 3.8) is 0 Å². The zero-order valence-electron chi connectivity index (χ0n) is 16.6. The predicted molar refractivity (Wildman–Crippen MR) is 108 cm³/mol. The Bertz CT molecular complexity index is 1220. The molecule has 3 N–H and O–H groups in total. The lowest BCUT2D eigenvalue weighted by Crippen LogP contribution is -2.35. The summed E-state index contributed by atoms with van der Waals surface area (Å²) in [6.45, 7) is 0. The van der Waals surface area contributed by atoms with Crippen molar-refractivity contribution in [2.75, 3.05) is 17.7 Å². The van der Waals surface area contributed by atoms with Crippen LogP contribution in [0.25, 0.3) is 0 Å². The molecular weight excluding hydrogens is 451 g/mol. The fourth-order valence-corrected chi connectivity index (χ4v) is 4.12. The third kappa shape index (κ3) is 4.21. The zero-order valence-corrected chi connectivity index (χ0v) is 17.4. The van der Waals surface area contributed by atoms with Gasteiger partial charge in [0.15, 0.2) is 11.7 Å². The molecule has 0 radical (unpaired) electrons. The van der Waals surface area contributed by atoms with E-state index in [0.29, 0.717) is 5.76 Å². The highest BCUT2D eigenvalue weighted by Gasteiger charge is 2.47. The summed E-state index contributed by atoms with van der Waals surface area (Å²) in [5.74, 6) is -0.372. The zero-order chi connectivity index (χ0) is 23.1. The number of sulfonamides is 1. The molecule has 0 aliphatic carbocycles. The van der Waals surface area contributed by atoms with Crippen LogP contribution in [0.2, 0.25) is 0 Å². The number of anilines is 2. The Morgan fingerprint density at radius 1 is 1.25 bits per heavy atom. The minimum absolute atomic E-state index is 0.00311. The van der Waals surface area contributed by atoms with Gasteiger partial charge in [0.2, 0.25) is 10.0 Å². The predicted octanol–water partition coefficient (Wildman–Crippen LogP) is 3.30. The minimum atomic E-state index is -4.59. The summed E-state index contributed by atoms with van der Waals surface area (Å²) in [5, 5.41) is 9.29.